The summed E-state index contributed by atoms with van der Waals surface area (Å²) in [6.45, 7) is 4.30. The first-order valence-corrected chi connectivity index (χ1v) is 10.7. The topological polar surface area (TPSA) is 46.5 Å². The van der Waals surface area contributed by atoms with E-state index < -0.39 is 6.16 Å². The summed E-state index contributed by atoms with van der Waals surface area (Å²) in [7, 11) is 0. The van der Waals surface area contributed by atoms with E-state index in [1.807, 2.05) is 11.8 Å². The lowest BCUT2D eigenvalue weighted by atomic mass is 9.83. The summed E-state index contributed by atoms with van der Waals surface area (Å²) in [5.74, 6) is 0.987. The average molecular weight is 383 g/mol. The number of rotatable bonds is 2. The van der Waals surface area contributed by atoms with Crippen molar-refractivity contribution in [2.24, 2.45) is 0 Å². The summed E-state index contributed by atoms with van der Waals surface area (Å²) in [6.07, 6.45) is 0.256. The summed E-state index contributed by atoms with van der Waals surface area (Å²) in [5, 5.41) is 9.12. The van der Waals surface area contributed by atoms with Crippen LogP contribution < -0.4 is 0 Å². The third kappa shape index (κ3) is 2.18. The molecule has 2 saturated heterocycles. The van der Waals surface area contributed by atoms with Crippen LogP contribution in [0.5, 0.6) is 0 Å². The van der Waals surface area contributed by atoms with E-state index in [9.17, 15) is 4.79 Å². The van der Waals surface area contributed by atoms with Crippen molar-refractivity contribution >= 4 is 17.9 Å². The first kappa shape index (κ1) is 17.1. The number of hydrogen-bond donors (Lipinski definition) is 1. The molecule has 27 heavy (non-hydrogen) atoms. The molecule has 3 aliphatic rings. The number of ether oxygens (including phenoxy) is 1. The van der Waals surface area contributed by atoms with Gasteiger partial charge in [0.2, 0.25) is 5.54 Å². The van der Waals surface area contributed by atoms with Crippen LogP contribution in [0.2, 0.25) is 0 Å². The van der Waals surface area contributed by atoms with Crippen molar-refractivity contribution in [1.82, 2.24) is 0 Å². The number of likely N-dealkylation sites (N-methyl/N-ethyl adjacent to an activating group) is 1. The normalized spacial score (nSPS) is 33.4. The lowest BCUT2D eigenvalue weighted by Gasteiger charge is -2.30. The second-order valence-electron chi connectivity index (χ2n) is 7.83. The van der Waals surface area contributed by atoms with E-state index in [1.165, 1.54) is 21.6 Å². The zero-order valence-corrected chi connectivity index (χ0v) is 16.2. The van der Waals surface area contributed by atoms with Gasteiger partial charge < -0.3 is 9.84 Å². The lowest BCUT2D eigenvalue weighted by Crippen LogP contribution is -2.41. The summed E-state index contributed by atoms with van der Waals surface area (Å²) in [4.78, 5) is 12.5. The Morgan fingerprint density at radius 1 is 1.22 bits per heavy atom. The van der Waals surface area contributed by atoms with Gasteiger partial charge in [0, 0.05) is 34.6 Å². The zero-order valence-electron chi connectivity index (χ0n) is 15.4. The zero-order chi connectivity index (χ0) is 18.6. The molecule has 5 rings (SSSR count). The molecule has 0 aliphatic carbocycles. The molecule has 5 heteroatoms. The van der Waals surface area contributed by atoms with Gasteiger partial charge in [0.25, 0.3) is 0 Å². The van der Waals surface area contributed by atoms with Crippen molar-refractivity contribution in [3.05, 3.63) is 65.2 Å². The fourth-order valence-electron chi connectivity index (χ4n) is 5.99. The summed E-state index contributed by atoms with van der Waals surface area (Å²) in [5.41, 5.74) is 4.20. The number of hydrogen-bond acceptors (Lipinski definition) is 3. The molecule has 4 nitrogen and oxygen atoms in total. The highest BCUT2D eigenvalue weighted by molar-refractivity contribution is 7.98. The van der Waals surface area contributed by atoms with E-state index in [4.69, 9.17) is 9.84 Å². The molecule has 0 bridgehead atoms. The first-order chi connectivity index (χ1) is 13.1. The number of fused-ring (bicyclic) bond motifs is 7. The predicted molar refractivity (Wildman–Crippen MR) is 105 cm³/mol. The number of benzene rings is 2. The van der Waals surface area contributed by atoms with Gasteiger partial charge in [-0.1, -0.05) is 42.5 Å². The Morgan fingerprint density at radius 2 is 1.96 bits per heavy atom. The summed E-state index contributed by atoms with van der Waals surface area (Å²) < 4.78 is 6.25. The Hall–Kier alpha value is -1.98. The molecule has 0 amide bonds. The van der Waals surface area contributed by atoms with E-state index in [1.54, 1.807) is 0 Å². The number of piperidine rings is 1. The number of carboxylic acid groups (broad SMARTS) is 1. The van der Waals surface area contributed by atoms with Crippen LogP contribution >= 0.6 is 11.8 Å². The number of quaternary nitrogens is 1. The van der Waals surface area contributed by atoms with E-state index in [-0.39, 0.29) is 11.6 Å². The standard InChI is InChI=1S/C22H23NO3S/c1-2-23-12-11-16(26-21(24)25)13-20(23)22(23)17-8-4-3-7-15(17)14-27-19-10-6-5-9-18(19)22/h3-10,16,20H,2,11-14H2,1H3/p+1/t16?,20?,22-,23?/m1/s1. The van der Waals surface area contributed by atoms with Crippen LogP contribution in [0.4, 0.5) is 4.79 Å². The Bertz CT molecular complexity index is 866. The van der Waals surface area contributed by atoms with E-state index in [2.05, 4.69) is 55.5 Å². The first-order valence-electron chi connectivity index (χ1n) is 9.70. The average Bonchev–Trinajstić information content (AvgIpc) is 3.33. The molecule has 2 fully saturated rings. The smallest absolute Gasteiger partial charge is 0.450 e. The third-order valence-corrected chi connectivity index (χ3v) is 8.11. The quantitative estimate of drug-likeness (QED) is 0.468. The maximum atomic E-state index is 11.1. The lowest BCUT2D eigenvalue weighted by molar-refractivity contribution is -0.845. The number of carbonyl (C=O) groups is 1. The van der Waals surface area contributed by atoms with Crippen molar-refractivity contribution in [2.75, 3.05) is 13.1 Å². The van der Waals surface area contributed by atoms with Gasteiger partial charge in [-0.05, 0) is 18.6 Å². The van der Waals surface area contributed by atoms with Gasteiger partial charge in [0.05, 0.1) is 13.1 Å². The molecule has 2 aromatic carbocycles. The minimum atomic E-state index is -1.15. The van der Waals surface area contributed by atoms with Gasteiger partial charge in [-0.2, -0.15) is 0 Å². The second-order valence-corrected chi connectivity index (χ2v) is 8.85. The van der Waals surface area contributed by atoms with Crippen LogP contribution in [0.3, 0.4) is 0 Å². The van der Waals surface area contributed by atoms with Crippen molar-refractivity contribution in [3.8, 4) is 0 Å². The molecule has 0 saturated carbocycles. The van der Waals surface area contributed by atoms with Crippen LogP contribution in [0, 0.1) is 0 Å². The van der Waals surface area contributed by atoms with E-state index >= 15 is 0 Å². The van der Waals surface area contributed by atoms with E-state index in [0.29, 0.717) is 6.04 Å². The van der Waals surface area contributed by atoms with Crippen molar-refractivity contribution in [2.45, 2.75) is 48.1 Å². The second kappa shape index (κ2) is 6.01. The summed E-state index contributed by atoms with van der Waals surface area (Å²) in [6, 6.07) is 18.1. The highest BCUT2D eigenvalue weighted by Gasteiger charge is 2.82. The fourth-order valence-corrected chi connectivity index (χ4v) is 7.11. The van der Waals surface area contributed by atoms with Crippen LogP contribution in [0.25, 0.3) is 0 Å². The van der Waals surface area contributed by atoms with Crippen molar-refractivity contribution in [1.29, 1.82) is 0 Å². The molecule has 3 aliphatic heterocycles. The van der Waals surface area contributed by atoms with Crippen LogP contribution in [0.15, 0.2) is 53.4 Å². The van der Waals surface area contributed by atoms with Crippen LogP contribution in [-0.4, -0.2) is 41.0 Å². The minimum Gasteiger partial charge on any atom is -0.450 e. The molecule has 2 aromatic rings. The highest BCUT2D eigenvalue weighted by Crippen LogP contribution is 2.68. The van der Waals surface area contributed by atoms with Crippen molar-refractivity contribution in [3.63, 3.8) is 0 Å². The van der Waals surface area contributed by atoms with Gasteiger partial charge >= 0.3 is 6.16 Å². The van der Waals surface area contributed by atoms with Gasteiger partial charge in [0.15, 0.2) is 6.04 Å². The molecule has 1 N–H and O–H groups in total. The molecular formula is C22H24NO3S+. The molecule has 3 unspecified atom stereocenters. The Kier molecular flexibility index (Phi) is 3.82. The molecule has 3 heterocycles. The largest absolute Gasteiger partial charge is 0.506 e. The third-order valence-electron chi connectivity index (χ3n) is 6.99. The minimum absolute atomic E-state index is 0.0674. The number of thioether (sulfide) groups is 1. The van der Waals surface area contributed by atoms with Crippen molar-refractivity contribution < 1.29 is 19.1 Å². The number of nitrogens with zero attached hydrogens (tertiary/aromatic N) is 1. The summed E-state index contributed by atoms with van der Waals surface area (Å²) >= 11 is 1.93. The Labute approximate surface area is 163 Å². The molecular weight excluding hydrogens is 358 g/mol. The maximum absolute atomic E-state index is 11.1. The Balaban J connectivity index is 1.70. The monoisotopic (exact) mass is 382 g/mol. The molecule has 1 spiro atoms. The van der Waals surface area contributed by atoms with Gasteiger partial charge in [-0.15, -0.1) is 11.8 Å². The van der Waals surface area contributed by atoms with Crippen LogP contribution in [0.1, 0.15) is 36.5 Å². The highest BCUT2D eigenvalue weighted by atomic mass is 32.2. The van der Waals surface area contributed by atoms with Gasteiger partial charge in [-0.25, -0.2) is 4.79 Å². The predicted octanol–water partition coefficient (Wildman–Crippen LogP) is 4.61. The molecule has 0 aromatic heterocycles. The SMILES string of the molecule is CC[N+]12CCC(OC(=O)O)CC1[C@]21c2ccccc2CSc2ccccc21. The maximum Gasteiger partial charge on any atom is 0.506 e. The van der Waals surface area contributed by atoms with Crippen LogP contribution in [-0.2, 0) is 16.0 Å². The molecule has 140 valence electrons. The Morgan fingerprint density at radius 3 is 2.74 bits per heavy atom. The fraction of sp³-hybridized carbons (Fsp3) is 0.409. The van der Waals surface area contributed by atoms with Gasteiger partial charge in [0.1, 0.15) is 6.10 Å². The van der Waals surface area contributed by atoms with Gasteiger partial charge in [-0.3, -0.25) is 4.48 Å². The van der Waals surface area contributed by atoms with E-state index in [0.717, 1.165) is 36.2 Å². The molecule has 4 atom stereocenters. The molecule has 0 radical (unpaired) electrons.